The van der Waals surface area contributed by atoms with Crippen LogP contribution >= 0.6 is 0 Å². The molecule has 3 aliphatic rings. The molecule has 0 saturated heterocycles. The summed E-state index contributed by atoms with van der Waals surface area (Å²) in [6, 6.07) is 0. The van der Waals surface area contributed by atoms with E-state index in [1.807, 2.05) is 0 Å². The second-order valence-corrected chi connectivity index (χ2v) is 14.3. The average Bonchev–Trinajstić information content (AvgIpc) is 2.93. The van der Waals surface area contributed by atoms with E-state index in [0.717, 1.165) is 29.1 Å². The Morgan fingerprint density at radius 3 is 1.42 bits per heavy atom. The van der Waals surface area contributed by atoms with Gasteiger partial charge < -0.3 is 0 Å². The van der Waals surface area contributed by atoms with Crippen molar-refractivity contribution in [1.82, 2.24) is 0 Å². The Morgan fingerprint density at radius 1 is 0.417 bits per heavy atom. The highest BCUT2D eigenvalue weighted by Gasteiger charge is 2.33. The van der Waals surface area contributed by atoms with Crippen LogP contribution in [0.5, 0.6) is 0 Å². The maximum absolute atomic E-state index is 2.34. The van der Waals surface area contributed by atoms with Crippen molar-refractivity contribution in [3.05, 3.63) is 0 Å². The predicted octanol–water partition coefficient (Wildman–Crippen LogP) is 12.8. The Balaban J connectivity index is 1.25. The summed E-state index contributed by atoms with van der Waals surface area (Å²) < 4.78 is 0. The Kier molecular flexibility index (Phi) is 15.5. The lowest BCUT2D eigenvalue weighted by molar-refractivity contribution is 0.127. The minimum Gasteiger partial charge on any atom is -0.0654 e. The Morgan fingerprint density at radius 2 is 0.861 bits per heavy atom. The summed E-state index contributed by atoms with van der Waals surface area (Å²) in [6.07, 6.45) is 44.3. The standard InChI is InChI=1S/C36H68/c1-3-5-7-9-10-13-28-36(29-14-11-15-30-36)31-27-35-25-23-34(24-26-35)22-21-33-19-17-32(18-20-33)16-12-8-6-4-2/h32-35H,3-31H2,1-2H3. The van der Waals surface area contributed by atoms with Gasteiger partial charge in [0.2, 0.25) is 0 Å². The highest BCUT2D eigenvalue weighted by Crippen LogP contribution is 2.47. The van der Waals surface area contributed by atoms with E-state index < -0.39 is 0 Å². The van der Waals surface area contributed by atoms with Gasteiger partial charge in [0.05, 0.1) is 0 Å². The topological polar surface area (TPSA) is 0 Å². The Labute approximate surface area is 228 Å². The average molecular weight is 501 g/mol. The van der Waals surface area contributed by atoms with Crippen LogP contribution in [0.1, 0.15) is 200 Å². The normalized spacial score (nSPS) is 28.8. The minimum atomic E-state index is 0.759. The summed E-state index contributed by atoms with van der Waals surface area (Å²) in [5, 5.41) is 0. The van der Waals surface area contributed by atoms with E-state index in [2.05, 4.69) is 13.8 Å². The van der Waals surface area contributed by atoms with Crippen molar-refractivity contribution in [1.29, 1.82) is 0 Å². The first-order valence-corrected chi connectivity index (χ1v) is 17.7. The maximum Gasteiger partial charge on any atom is -0.0297 e. The fourth-order valence-electron chi connectivity index (χ4n) is 8.67. The molecule has 0 aromatic rings. The number of rotatable bonds is 18. The van der Waals surface area contributed by atoms with E-state index in [1.165, 1.54) is 89.9 Å². The van der Waals surface area contributed by atoms with Crippen LogP contribution in [-0.4, -0.2) is 0 Å². The third-order valence-electron chi connectivity index (χ3n) is 11.4. The second-order valence-electron chi connectivity index (χ2n) is 14.3. The Bertz CT molecular complexity index is 498. The first kappa shape index (κ1) is 30.5. The summed E-state index contributed by atoms with van der Waals surface area (Å²) in [7, 11) is 0. The van der Waals surface area contributed by atoms with Crippen LogP contribution in [0.15, 0.2) is 0 Å². The monoisotopic (exact) mass is 501 g/mol. The minimum absolute atomic E-state index is 0.759. The molecule has 3 saturated carbocycles. The molecule has 0 heteroatoms. The molecule has 0 aliphatic heterocycles. The molecule has 0 aromatic heterocycles. The molecule has 0 aromatic carbocycles. The lowest BCUT2D eigenvalue weighted by Gasteiger charge is -2.40. The quantitative estimate of drug-likeness (QED) is 0.164. The molecule has 36 heavy (non-hydrogen) atoms. The van der Waals surface area contributed by atoms with Crippen molar-refractivity contribution in [2.75, 3.05) is 0 Å². The van der Waals surface area contributed by atoms with Crippen molar-refractivity contribution in [3.8, 4) is 0 Å². The van der Waals surface area contributed by atoms with Gasteiger partial charge in [-0.25, -0.2) is 0 Å². The molecule has 0 radical (unpaired) electrons. The van der Waals surface area contributed by atoms with Crippen LogP contribution in [0.3, 0.4) is 0 Å². The summed E-state index contributed by atoms with van der Waals surface area (Å²) in [5.41, 5.74) is 0.759. The fraction of sp³-hybridized carbons (Fsp3) is 1.00. The predicted molar refractivity (Wildman–Crippen MR) is 162 cm³/mol. The molecule has 0 spiro atoms. The van der Waals surface area contributed by atoms with E-state index >= 15 is 0 Å². The van der Waals surface area contributed by atoms with E-state index in [9.17, 15) is 0 Å². The molecule has 3 fully saturated rings. The van der Waals surface area contributed by atoms with Gasteiger partial charge in [0.25, 0.3) is 0 Å². The van der Waals surface area contributed by atoms with Gasteiger partial charge >= 0.3 is 0 Å². The lowest BCUT2D eigenvalue weighted by Crippen LogP contribution is -2.26. The van der Waals surface area contributed by atoms with Crippen LogP contribution < -0.4 is 0 Å². The van der Waals surface area contributed by atoms with Gasteiger partial charge in [-0.2, -0.15) is 0 Å². The first-order valence-electron chi connectivity index (χ1n) is 17.7. The summed E-state index contributed by atoms with van der Waals surface area (Å²) >= 11 is 0. The highest BCUT2D eigenvalue weighted by molar-refractivity contribution is 4.85. The van der Waals surface area contributed by atoms with Crippen molar-refractivity contribution in [3.63, 3.8) is 0 Å². The largest absolute Gasteiger partial charge is 0.0654 e. The van der Waals surface area contributed by atoms with E-state index in [1.54, 1.807) is 96.3 Å². The van der Waals surface area contributed by atoms with Crippen LogP contribution in [0.2, 0.25) is 0 Å². The summed E-state index contributed by atoms with van der Waals surface area (Å²) in [6.45, 7) is 4.67. The fourth-order valence-corrected chi connectivity index (χ4v) is 8.67. The summed E-state index contributed by atoms with van der Waals surface area (Å²) in [4.78, 5) is 0. The van der Waals surface area contributed by atoms with Gasteiger partial charge in [-0.3, -0.25) is 0 Å². The van der Waals surface area contributed by atoms with Crippen LogP contribution in [0.4, 0.5) is 0 Å². The van der Waals surface area contributed by atoms with Gasteiger partial charge in [-0.05, 0) is 61.2 Å². The van der Waals surface area contributed by atoms with Crippen molar-refractivity contribution in [2.24, 2.45) is 29.1 Å². The number of hydrogen-bond donors (Lipinski definition) is 0. The molecule has 0 unspecified atom stereocenters. The van der Waals surface area contributed by atoms with Gasteiger partial charge in [0.1, 0.15) is 0 Å². The van der Waals surface area contributed by atoms with Crippen LogP contribution in [0, 0.1) is 29.1 Å². The molecule has 0 N–H and O–H groups in total. The highest BCUT2D eigenvalue weighted by atomic mass is 14.4. The third kappa shape index (κ3) is 11.8. The van der Waals surface area contributed by atoms with Crippen molar-refractivity contribution in [2.45, 2.75) is 200 Å². The molecular weight excluding hydrogens is 432 g/mol. The molecule has 212 valence electrons. The molecule has 3 aliphatic carbocycles. The zero-order valence-electron chi connectivity index (χ0n) is 25.3. The van der Waals surface area contributed by atoms with Gasteiger partial charge in [-0.1, -0.05) is 168 Å². The molecule has 0 bridgehead atoms. The van der Waals surface area contributed by atoms with E-state index in [0.29, 0.717) is 0 Å². The second kappa shape index (κ2) is 18.3. The lowest BCUT2D eigenvalue weighted by atomic mass is 9.66. The molecule has 3 rings (SSSR count). The van der Waals surface area contributed by atoms with Gasteiger partial charge in [0, 0.05) is 0 Å². The van der Waals surface area contributed by atoms with E-state index in [4.69, 9.17) is 0 Å². The molecule has 0 nitrogen and oxygen atoms in total. The zero-order valence-corrected chi connectivity index (χ0v) is 25.3. The number of unbranched alkanes of at least 4 members (excludes halogenated alkanes) is 8. The molecular formula is C36H68. The van der Waals surface area contributed by atoms with Gasteiger partial charge in [-0.15, -0.1) is 0 Å². The van der Waals surface area contributed by atoms with Crippen LogP contribution in [0.25, 0.3) is 0 Å². The van der Waals surface area contributed by atoms with Crippen molar-refractivity contribution < 1.29 is 0 Å². The Hall–Kier alpha value is 0. The molecule has 0 atom stereocenters. The smallest absolute Gasteiger partial charge is 0.0297 e. The van der Waals surface area contributed by atoms with Crippen molar-refractivity contribution >= 4 is 0 Å². The SMILES string of the molecule is CCCCCCCCC1(CCC2CCC(CCC3CCC(CCCCCC)CC3)CC2)CCCCC1. The first-order chi connectivity index (χ1) is 17.7. The number of hydrogen-bond acceptors (Lipinski definition) is 0. The van der Waals surface area contributed by atoms with E-state index in [-0.39, 0.29) is 0 Å². The van der Waals surface area contributed by atoms with Gasteiger partial charge in [0.15, 0.2) is 0 Å². The maximum atomic E-state index is 2.34. The van der Waals surface area contributed by atoms with Crippen LogP contribution in [-0.2, 0) is 0 Å². The summed E-state index contributed by atoms with van der Waals surface area (Å²) in [5.74, 6) is 4.33. The molecule has 0 heterocycles. The zero-order chi connectivity index (χ0) is 25.3. The third-order valence-corrected chi connectivity index (χ3v) is 11.4. The molecule has 0 amide bonds.